The van der Waals surface area contributed by atoms with Gasteiger partial charge in [-0.2, -0.15) is 10.2 Å². The number of nitrogens with zero attached hydrogens (tertiary/aromatic N) is 4. The molecule has 2 heterocycles. The van der Waals surface area contributed by atoms with E-state index >= 15 is 0 Å². The number of aromatic nitrogens is 4. The summed E-state index contributed by atoms with van der Waals surface area (Å²) < 4.78 is 103. The highest BCUT2D eigenvalue weighted by Crippen LogP contribution is 2.25. The van der Waals surface area contributed by atoms with Crippen molar-refractivity contribution in [3.8, 4) is 11.4 Å². The van der Waals surface area contributed by atoms with Crippen molar-refractivity contribution >= 4 is 43.2 Å². The van der Waals surface area contributed by atoms with Crippen LogP contribution in [0, 0.1) is 30.2 Å². The molecule has 0 bridgehead atoms. The van der Waals surface area contributed by atoms with E-state index in [1.54, 1.807) is 0 Å². The monoisotopic (exact) mass is 798 g/mol. The van der Waals surface area contributed by atoms with Gasteiger partial charge in [0.1, 0.15) is 9.79 Å². The molecule has 6 N–H and O–H groups in total. The fraction of sp³-hybridized carbons (Fsp3) is 0.0857. The number of hydrogen-bond donors (Lipinski definition) is 4. The van der Waals surface area contributed by atoms with Crippen molar-refractivity contribution in [2.75, 3.05) is 10.6 Å². The summed E-state index contributed by atoms with van der Waals surface area (Å²) >= 11 is 0. The van der Waals surface area contributed by atoms with Crippen molar-refractivity contribution in [3.63, 3.8) is 0 Å². The topological polar surface area (TPSA) is 214 Å². The minimum atomic E-state index is -4.25. The van der Waals surface area contributed by atoms with E-state index in [0.717, 1.165) is 57.4 Å². The van der Waals surface area contributed by atoms with E-state index in [4.69, 9.17) is 10.3 Å². The molecule has 55 heavy (non-hydrogen) atoms. The second-order valence-electron chi connectivity index (χ2n) is 11.8. The van der Waals surface area contributed by atoms with Crippen LogP contribution in [0.15, 0.2) is 113 Å². The van der Waals surface area contributed by atoms with E-state index in [-0.39, 0.29) is 45.5 Å². The van der Waals surface area contributed by atoms with E-state index in [0.29, 0.717) is 0 Å². The molecule has 0 atom stereocenters. The van der Waals surface area contributed by atoms with Gasteiger partial charge in [0, 0.05) is 16.9 Å². The Balaban J connectivity index is 0.000000211. The number of nitrogens with two attached hydrogens (primary N) is 2. The first-order valence-corrected chi connectivity index (χ1v) is 18.8. The van der Waals surface area contributed by atoms with Gasteiger partial charge in [-0.15, -0.1) is 0 Å². The van der Waals surface area contributed by atoms with Gasteiger partial charge in [0.05, 0.1) is 49.0 Å². The molecule has 0 saturated heterocycles. The average Bonchev–Trinajstić information content (AvgIpc) is 3.75. The highest BCUT2D eigenvalue weighted by molar-refractivity contribution is 7.89. The molecular formula is C35H30F4N8O6S2. The molecule has 0 saturated carbocycles. The first kappa shape index (κ1) is 40.0. The van der Waals surface area contributed by atoms with Crippen molar-refractivity contribution in [1.29, 1.82) is 0 Å². The fourth-order valence-electron chi connectivity index (χ4n) is 5.13. The smallest absolute Gasteiger partial charge is 0.240 e. The van der Waals surface area contributed by atoms with Gasteiger partial charge >= 0.3 is 0 Å². The fourth-order valence-corrected chi connectivity index (χ4v) is 6.62. The van der Waals surface area contributed by atoms with E-state index in [1.165, 1.54) is 42.5 Å². The molecular weight excluding hydrogens is 769 g/mol. The van der Waals surface area contributed by atoms with Crippen LogP contribution in [0.1, 0.15) is 16.7 Å². The molecule has 0 aliphatic rings. The predicted molar refractivity (Wildman–Crippen MR) is 192 cm³/mol. The van der Waals surface area contributed by atoms with Crippen LogP contribution in [0.25, 0.3) is 11.4 Å². The third kappa shape index (κ3) is 10.3. The summed E-state index contributed by atoms with van der Waals surface area (Å²) in [5.41, 5.74) is 2.04. The average molecular weight is 799 g/mol. The lowest BCUT2D eigenvalue weighted by molar-refractivity contribution is -0.116. The number of hydrogen-bond acceptors (Lipinski definition) is 8. The standard InChI is InChI=1S/C18H17FN4O3S.C17H13F3N4O3S/c1-12-4-2-3-5-13(12)8-18(24)22-15-6-7-16(17(9-15)27(20,25)26)23-11-14(19)10-21-23;18-11-8-22-24(9-11)14-5-4-12(7-15(14)28(21,26)27)23-16(25)6-10-2-1-3-13(19)17(10)20/h2-7,9-11H,8H2,1H3,(H,22,24)(H2,20,25,26);1-5,7-9H,6H2,(H,23,25)(H2,21,26,27). The lowest BCUT2D eigenvalue weighted by Crippen LogP contribution is -2.18. The zero-order chi connectivity index (χ0) is 40.1. The van der Waals surface area contributed by atoms with Crippen molar-refractivity contribution < 1.29 is 44.0 Å². The molecule has 0 radical (unpaired) electrons. The van der Waals surface area contributed by atoms with Crippen LogP contribution in [0.2, 0.25) is 0 Å². The largest absolute Gasteiger partial charge is 0.326 e. The van der Waals surface area contributed by atoms with Crippen LogP contribution in [0.3, 0.4) is 0 Å². The Labute approximate surface area is 311 Å². The SMILES string of the molecule is Cc1ccccc1CC(=O)Nc1ccc(-n2cc(F)cn2)c(S(N)(=O)=O)c1.NS(=O)(=O)c1cc(NC(=O)Cc2cccc(F)c2F)ccc1-n1cc(F)cn1. The Morgan fingerprint density at radius 1 is 0.655 bits per heavy atom. The molecule has 4 aromatic carbocycles. The zero-order valence-corrected chi connectivity index (χ0v) is 30.1. The second kappa shape index (κ2) is 16.4. The molecule has 6 aromatic rings. The summed E-state index contributed by atoms with van der Waals surface area (Å²) in [5, 5.41) is 22.9. The molecule has 0 aliphatic carbocycles. The molecule has 0 fully saturated rings. The highest BCUT2D eigenvalue weighted by Gasteiger charge is 2.20. The summed E-state index contributed by atoms with van der Waals surface area (Å²) in [6.07, 6.45) is 3.49. The number of amides is 2. The lowest BCUT2D eigenvalue weighted by Gasteiger charge is -2.12. The Morgan fingerprint density at radius 2 is 1.11 bits per heavy atom. The van der Waals surface area contributed by atoms with Gasteiger partial charge in [-0.05, 0) is 60.5 Å². The third-order valence-electron chi connectivity index (χ3n) is 7.69. The summed E-state index contributed by atoms with van der Waals surface area (Å²) in [4.78, 5) is 23.7. The zero-order valence-electron chi connectivity index (χ0n) is 28.5. The molecule has 0 unspecified atom stereocenters. The number of carbonyl (C=O) groups excluding carboxylic acids is 2. The number of nitrogens with one attached hydrogen (secondary N) is 2. The Bertz CT molecular complexity index is 2630. The maximum atomic E-state index is 13.7. The normalized spacial score (nSPS) is 11.4. The minimum absolute atomic E-state index is 0.0272. The number of halogens is 4. The van der Waals surface area contributed by atoms with E-state index < -0.39 is 60.5 Å². The predicted octanol–water partition coefficient (Wildman–Crippen LogP) is 4.27. The molecule has 20 heteroatoms. The maximum absolute atomic E-state index is 13.7. The molecule has 2 amide bonds. The minimum Gasteiger partial charge on any atom is -0.326 e. The van der Waals surface area contributed by atoms with Gasteiger partial charge in [0.15, 0.2) is 23.3 Å². The summed E-state index contributed by atoms with van der Waals surface area (Å²) in [5.74, 6) is -4.54. The highest BCUT2D eigenvalue weighted by atomic mass is 32.2. The number of carbonyl (C=O) groups is 2. The van der Waals surface area contributed by atoms with Gasteiger partial charge in [-0.25, -0.2) is 54.0 Å². The van der Waals surface area contributed by atoms with Crippen molar-refractivity contribution in [1.82, 2.24) is 19.6 Å². The molecule has 14 nitrogen and oxygen atoms in total. The summed E-state index contributed by atoms with van der Waals surface area (Å²) in [6.45, 7) is 1.90. The molecule has 286 valence electrons. The van der Waals surface area contributed by atoms with Gasteiger partial charge < -0.3 is 10.6 Å². The van der Waals surface area contributed by atoms with Crippen molar-refractivity contribution in [2.45, 2.75) is 29.6 Å². The van der Waals surface area contributed by atoms with Crippen LogP contribution in [-0.2, 0) is 42.5 Å². The third-order valence-corrected chi connectivity index (χ3v) is 9.57. The van der Waals surface area contributed by atoms with E-state index in [2.05, 4.69) is 20.8 Å². The van der Waals surface area contributed by atoms with Crippen LogP contribution in [0.5, 0.6) is 0 Å². The van der Waals surface area contributed by atoms with Crippen molar-refractivity contribution in [2.24, 2.45) is 10.3 Å². The first-order valence-electron chi connectivity index (χ1n) is 15.7. The Morgan fingerprint density at radius 3 is 1.55 bits per heavy atom. The van der Waals surface area contributed by atoms with Crippen LogP contribution < -0.4 is 20.9 Å². The molecule has 2 aromatic heterocycles. The van der Waals surface area contributed by atoms with Crippen molar-refractivity contribution in [3.05, 3.63) is 144 Å². The number of anilines is 2. The Hall–Kier alpha value is -6.22. The number of aryl methyl sites for hydroxylation is 1. The summed E-state index contributed by atoms with van der Waals surface area (Å²) in [7, 11) is -8.38. The van der Waals surface area contributed by atoms with Gasteiger partial charge in [-0.1, -0.05) is 36.4 Å². The molecule has 6 rings (SSSR count). The lowest BCUT2D eigenvalue weighted by atomic mass is 10.1. The van der Waals surface area contributed by atoms with E-state index in [1.807, 2.05) is 31.2 Å². The maximum Gasteiger partial charge on any atom is 0.240 e. The summed E-state index contributed by atoms with van der Waals surface area (Å²) in [6, 6.07) is 18.7. The Kier molecular flexibility index (Phi) is 11.9. The number of sulfonamides is 2. The number of primary sulfonamides is 2. The first-order chi connectivity index (χ1) is 25.9. The van der Waals surface area contributed by atoms with E-state index in [9.17, 15) is 44.0 Å². The second-order valence-corrected chi connectivity index (χ2v) is 14.8. The van der Waals surface area contributed by atoms with Gasteiger partial charge in [0.25, 0.3) is 0 Å². The van der Waals surface area contributed by atoms with Crippen LogP contribution >= 0.6 is 0 Å². The molecule has 0 aliphatic heterocycles. The van der Waals surface area contributed by atoms with Crippen LogP contribution in [0.4, 0.5) is 28.9 Å². The quantitative estimate of drug-likeness (QED) is 0.147. The number of rotatable bonds is 10. The number of benzene rings is 4. The van der Waals surface area contributed by atoms with Gasteiger partial charge in [-0.3, -0.25) is 9.59 Å². The molecule has 0 spiro atoms. The van der Waals surface area contributed by atoms with Gasteiger partial charge in [0.2, 0.25) is 31.9 Å². The van der Waals surface area contributed by atoms with Crippen LogP contribution in [-0.4, -0.2) is 48.2 Å².